The van der Waals surface area contributed by atoms with Gasteiger partial charge in [0.25, 0.3) is 0 Å². The highest BCUT2D eigenvalue weighted by Crippen LogP contribution is 2.24. The number of carbonyl (C=O) groups is 2. The first-order chi connectivity index (χ1) is 8.11. The zero-order chi connectivity index (χ0) is 12.4. The summed E-state index contributed by atoms with van der Waals surface area (Å²) in [7, 11) is 1.33. The van der Waals surface area contributed by atoms with Crippen LogP contribution >= 0.6 is 12.6 Å². The lowest BCUT2D eigenvalue weighted by molar-refractivity contribution is -0.117. The Hall–Kier alpha value is -1.49. The minimum atomic E-state index is -0.402. The molecule has 1 aromatic carbocycles. The lowest BCUT2D eigenvalue weighted by Crippen LogP contribution is -2.24. The van der Waals surface area contributed by atoms with Gasteiger partial charge in [-0.1, -0.05) is 6.07 Å². The molecule has 1 aliphatic rings. The monoisotopic (exact) mass is 251 g/mol. The molecule has 0 N–H and O–H groups in total. The summed E-state index contributed by atoms with van der Waals surface area (Å²) in [6.07, 6.45) is 0.436. The highest BCUT2D eigenvalue weighted by molar-refractivity contribution is 7.81. The average Bonchev–Trinajstić information content (AvgIpc) is 2.67. The van der Waals surface area contributed by atoms with Gasteiger partial charge in [-0.25, -0.2) is 4.79 Å². The molecule has 4 nitrogen and oxygen atoms in total. The van der Waals surface area contributed by atoms with Crippen molar-refractivity contribution >= 4 is 30.2 Å². The first-order valence-corrected chi connectivity index (χ1v) is 5.80. The lowest BCUT2D eigenvalue weighted by Gasteiger charge is -2.16. The van der Waals surface area contributed by atoms with Crippen LogP contribution in [-0.2, 0) is 9.53 Å². The van der Waals surface area contributed by atoms with Gasteiger partial charge in [-0.2, -0.15) is 12.6 Å². The van der Waals surface area contributed by atoms with Crippen molar-refractivity contribution in [3.8, 4) is 0 Å². The van der Waals surface area contributed by atoms with Crippen molar-refractivity contribution in [2.75, 3.05) is 18.6 Å². The van der Waals surface area contributed by atoms with Crippen LogP contribution < -0.4 is 4.90 Å². The zero-order valence-electron chi connectivity index (χ0n) is 9.42. The molecule has 1 atom stereocenters. The van der Waals surface area contributed by atoms with Gasteiger partial charge in [0.1, 0.15) is 0 Å². The van der Waals surface area contributed by atoms with Gasteiger partial charge in [-0.15, -0.1) is 0 Å². The molecule has 1 aromatic rings. The fraction of sp³-hybridized carbons (Fsp3) is 0.333. The fourth-order valence-electron chi connectivity index (χ4n) is 1.86. The molecule has 0 bridgehead atoms. The second-order valence-electron chi connectivity index (χ2n) is 3.90. The number of anilines is 1. The predicted molar refractivity (Wildman–Crippen MR) is 67.5 cm³/mol. The summed E-state index contributed by atoms with van der Waals surface area (Å²) in [5.74, 6) is -0.368. The topological polar surface area (TPSA) is 46.6 Å². The molecule has 1 heterocycles. The van der Waals surface area contributed by atoms with E-state index < -0.39 is 5.97 Å². The number of benzene rings is 1. The molecule has 2 rings (SSSR count). The summed E-state index contributed by atoms with van der Waals surface area (Å²) >= 11 is 4.29. The molecule has 0 aliphatic carbocycles. The SMILES string of the molecule is COC(=O)c1cccc(N2CC(S)CC2=O)c1. The van der Waals surface area contributed by atoms with Crippen LogP contribution in [0.15, 0.2) is 24.3 Å². The van der Waals surface area contributed by atoms with Gasteiger partial charge in [0.05, 0.1) is 12.7 Å². The van der Waals surface area contributed by atoms with Gasteiger partial charge in [0.2, 0.25) is 5.91 Å². The maximum atomic E-state index is 11.7. The third-order valence-electron chi connectivity index (χ3n) is 2.68. The largest absolute Gasteiger partial charge is 0.465 e. The first kappa shape index (κ1) is 12.0. The summed E-state index contributed by atoms with van der Waals surface area (Å²) in [6.45, 7) is 0.576. The summed E-state index contributed by atoms with van der Waals surface area (Å²) in [5.41, 5.74) is 1.16. The maximum absolute atomic E-state index is 11.7. The van der Waals surface area contributed by atoms with E-state index in [1.165, 1.54) is 7.11 Å². The van der Waals surface area contributed by atoms with Crippen LogP contribution in [0, 0.1) is 0 Å². The highest BCUT2D eigenvalue weighted by Gasteiger charge is 2.28. The molecule has 1 amide bonds. The average molecular weight is 251 g/mol. The van der Waals surface area contributed by atoms with Crippen LogP contribution in [0.2, 0.25) is 0 Å². The summed E-state index contributed by atoms with van der Waals surface area (Å²) in [6, 6.07) is 6.86. The Bertz CT molecular complexity index is 461. The zero-order valence-corrected chi connectivity index (χ0v) is 10.3. The fourth-order valence-corrected chi connectivity index (χ4v) is 2.18. The Labute approximate surface area is 105 Å². The molecule has 0 aromatic heterocycles. The Morgan fingerprint density at radius 2 is 2.29 bits per heavy atom. The number of hydrogen-bond acceptors (Lipinski definition) is 4. The number of amides is 1. The molecule has 1 saturated heterocycles. The third kappa shape index (κ3) is 2.44. The van der Waals surface area contributed by atoms with Crippen LogP contribution in [0.3, 0.4) is 0 Å². The molecule has 1 unspecified atom stereocenters. The summed E-state index contributed by atoms with van der Waals surface area (Å²) < 4.78 is 4.64. The quantitative estimate of drug-likeness (QED) is 0.640. The number of rotatable bonds is 2. The molecule has 90 valence electrons. The Kier molecular flexibility index (Phi) is 3.38. The number of thiol groups is 1. The lowest BCUT2D eigenvalue weighted by atomic mass is 10.2. The van der Waals surface area contributed by atoms with E-state index in [-0.39, 0.29) is 11.2 Å². The molecule has 0 spiro atoms. The Morgan fingerprint density at radius 1 is 1.53 bits per heavy atom. The molecular weight excluding hydrogens is 238 g/mol. The number of methoxy groups -OCH3 is 1. The van der Waals surface area contributed by atoms with Gasteiger partial charge in [-0.3, -0.25) is 4.79 Å². The molecule has 1 fully saturated rings. The standard InChI is InChI=1S/C12H13NO3S/c1-16-12(15)8-3-2-4-9(5-8)13-7-10(17)6-11(13)14/h2-5,10,17H,6-7H2,1H3. The van der Waals surface area contributed by atoms with Crippen LogP contribution in [-0.4, -0.2) is 30.8 Å². The van der Waals surface area contributed by atoms with Crippen LogP contribution in [0.1, 0.15) is 16.8 Å². The number of ether oxygens (including phenoxy) is 1. The number of carbonyl (C=O) groups excluding carboxylic acids is 2. The molecule has 5 heteroatoms. The number of esters is 1. The van der Waals surface area contributed by atoms with Gasteiger partial charge in [0.15, 0.2) is 0 Å². The van der Waals surface area contributed by atoms with Gasteiger partial charge < -0.3 is 9.64 Å². The van der Waals surface area contributed by atoms with E-state index >= 15 is 0 Å². The van der Waals surface area contributed by atoms with E-state index in [9.17, 15) is 9.59 Å². The smallest absolute Gasteiger partial charge is 0.337 e. The second kappa shape index (κ2) is 4.79. The molecular formula is C12H13NO3S. The van der Waals surface area contributed by atoms with Crippen molar-refractivity contribution in [1.82, 2.24) is 0 Å². The molecule has 1 aliphatic heterocycles. The number of hydrogen-bond donors (Lipinski definition) is 1. The van der Waals surface area contributed by atoms with E-state index in [0.717, 1.165) is 5.69 Å². The van der Waals surface area contributed by atoms with E-state index in [0.29, 0.717) is 18.5 Å². The Balaban J connectivity index is 2.27. The first-order valence-electron chi connectivity index (χ1n) is 5.28. The van der Waals surface area contributed by atoms with Gasteiger partial charge in [-0.05, 0) is 18.2 Å². The van der Waals surface area contributed by atoms with E-state index in [1.807, 2.05) is 0 Å². The maximum Gasteiger partial charge on any atom is 0.337 e. The normalized spacial score (nSPS) is 19.5. The minimum Gasteiger partial charge on any atom is -0.465 e. The van der Waals surface area contributed by atoms with Crippen molar-refractivity contribution in [3.63, 3.8) is 0 Å². The van der Waals surface area contributed by atoms with Crippen molar-refractivity contribution in [2.24, 2.45) is 0 Å². The summed E-state index contributed by atoms with van der Waals surface area (Å²) in [4.78, 5) is 24.7. The molecule has 17 heavy (non-hydrogen) atoms. The van der Waals surface area contributed by atoms with Gasteiger partial charge in [0, 0.05) is 23.9 Å². The predicted octanol–water partition coefficient (Wildman–Crippen LogP) is 1.51. The summed E-state index contributed by atoms with van der Waals surface area (Å²) in [5, 5.41) is 0.0595. The van der Waals surface area contributed by atoms with Crippen LogP contribution in [0.4, 0.5) is 5.69 Å². The van der Waals surface area contributed by atoms with Crippen LogP contribution in [0.25, 0.3) is 0 Å². The van der Waals surface area contributed by atoms with E-state index in [2.05, 4.69) is 17.4 Å². The van der Waals surface area contributed by atoms with E-state index in [4.69, 9.17) is 0 Å². The van der Waals surface area contributed by atoms with Gasteiger partial charge >= 0.3 is 5.97 Å². The van der Waals surface area contributed by atoms with Crippen molar-refractivity contribution in [1.29, 1.82) is 0 Å². The minimum absolute atomic E-state index is 0.0343. The molecule has 0 saturated carbocycles. The van der Waals surface area contributed by atoms with Crippen molar-refractivity contribution < 1.29 is 14.3 Å². The second-order valence-corrected chi connectivity index (χ2v) is 4.63. The number of nitrogens with zero attached hydrogens (tertiary/aromatic N) is 1. The van der Waals surface area contributed by atoms with Crippen molar-refractivity contribution in [3.05, 3.63) is 29.8 Å². The third-order valence-corrected chi connectivity index (χ3v) is 3.03. The van der Waals surface area contributed by atoms with E-state index in [1.54, 1.807) is 29.2 Å². The van der Waals surface area contributed by atoms with Crippen LogP contribution in [0.5, 0.6) is 0 Å². The van der Waals surface area contributed by atoms with Crippen molar-refractivity contribution in [2.45, 2.75) is 11.7 Å². The molecule has 0 radical (unpaired) electrons. The Morgan fingerprint density at radius 3 is 2.88 bits per heavy atom. The highest BCUT2D eigenvalue weighted by atomic mass is 32.1.